The molecular formula is C30H36N4O2S. The van der Waals surface area contributed by atoms with Crippen molar-refractivity contribution in [3.63, 3.8) is 0 Å². The first-order valence-electron chi connectivity index (χ1n) is 13.0. The Morgan fingerprint density at radius 2 is 1.51 bits per heavy atom. The third-order valence-electron chi connectivity index (χ3n) is 7.14. The third-order valence-corrected chi connectivity index (χ3v) is 8.27. The van der Waals surface area contributed by atoms with Gasteiger partial charge in [-0.25, -0.2) is 8.42 Å². The number of nitrogens with one attached hydrogen (secondary N) is 1. The zero-order valence-electron chi connectivity index (χ0n) is 22.2. The van der Waals surface area contributed by atoms with Crippen molar-refractivity contribution in [3.8, 4) is 22.5 Å². The average molecular weight is 517 g/mol. The van der Waals surface area contributed by atoms with Gasteiger partial charge >= 0.3 is 0 Å². The molecule has 2 aromatic heterocycles. The highest BCUT2D eigenvalue weighted by atomic mass is 32.2. The predicted octanol–water partition coefficient (Wildman–Crippen LogP) is 5.38. The summed E-state index contributed by atoms with van der Waals surface area (Å²) in [6.07, 6.45) is 1.23. The standard InChI is InChI=1S/C30H36N4O2S/c1-21(2)19-33-13-15-34(16-14-33)20-23-5-7-24(8-6-23)29-18-30-27(22(3)31-29)17-28(32-30)25-9-11-26(12-10-25)37(4,35)36/h5-12,17-18,21,32H,13-16,19-20H2,1-4H3. The molecule has 5 rings (SSSR count). The number of H-pyrrole nitrogens is 1. The van der Waals surface area contributed by atoms with E-state index in [9.17, 15) is 8.42 Å². The molecule has 6 nitrogen and oxygen atoms in total. The van der Waals surface area contributed by atoms with Gasteiger partial charge in [-0.3, -0.25) is 9.88 Å². The molecule has 194 valence electrons. The Morgan fingerprint density at radius 3 is 2.14 bits per heavy atom. The van der Waals surface area contributed by atoms with E-state index in [2.05, 4.69) is 65.0 Å². The molecule has 0 atom stereocenters. The smallest absolute Gasteiger partial charge is 0.175 e. The Balaban J connectivity index is 1.30. The summed E-state index contributed by atoms with van der Waals surface area (Å²) in [4.78, 5) is 13.8. The van der Waals surface area contributed by atoms with Gasteiger partial charge in [-0.1, -0.05) is 50.2 Å². The number of hydrogen-bond donors (Lipinski definition) is 1. The number of fused-ring (bicyclic) bond motifs is 1. The molecule has 0 amide bonds. The molecule has 4 aromatic rings. The molecule has 0 spiro atoms. The van der Waals surface area contributed by atoms with Gasteiger partial charge < -0.3 is 9.88 Å². The summed E-state index contributed by atoms with van der Waals surface area (Å²) in [6.45, 7) is 13.3. The third kappa shape index (κ3) is 5.95. The summed E-state index contributed by atoms with van der Waals surface area (Å²) >= 11 is 0. The van der Waals surface area contributed by atoms with Crippen LogP contribution in [0, 0.1) is 12.8 Å². The maximum atomic E-state index is 11.8. The molecule has 0 unspecified atom stereocenters. The summed E-state index contributed by atoms with van der Waals surface area (Å²) < 4.78 is 23.6. The minimum Gasteiger partial charge on any atom is -0.354 e. The Hall–Kier alpha value is -3.00. The Labute approximate surface area is 220 Å². The van der Waals surface area contributed by atoms with Crippen LogP contribution < -0.4 is 0 Å². The minimum absolute atomic E-state index is 0.323. The van der Waals surface area contributed by atoms with Crippen molar-refractivity contribution >= 4 is 20.7 Å². The zero-order chi connectivity index (χ0) is 26.2. The first-order valence-corrected chi connectivity index (χ1v) is 14.9. The summed E-state index contributed by atoms with van der Waals surface area (Å²) in [6, 6.07) is 20.0. The Bertz CT molecular complexity index is 1480. The second-order valence-corrected chi connectivity index (χ2v) is 12.7. The quantitative estimate of drug-likeness (QED) is 0.357. The number of nitrogens with zero attached hydrogens (tertiary/aromatic N) is 3. The highest BCUT2D eigenvalue weighted by Crippen LogP contribution is 2.30. The van der Waals surface area contributed by atoms with E-state index in [1.165, 1.54) is 18.4 Å². The van der Waals surface area contributed by atoms with Crippen molar-refractivity contribution in [3.05, 3.63) is 71.9 Å². The number of hydrogen-bond acceptors (Lipinski definition) is 5. The maximum Gasteiger partial charge on any atom is 0.175 e. The molecule has 1 aliphatic heterocycles. The fourth-order valence-corrected chi connectivity index (χ4v) is 5.79. The van der Waals surface area contributed by atoms with E-state index in [0.717, 1.165) is 77.8 Å². The molecule has 2 aromatic carbocycles. The van der Waals surface area contributed by atoms with Crippen LogP contribution in [0.4, 0.5) is 0 Å². The number of aryl methyl sites for hydroxylation is 1. The second kappa shape index (κ2) is 10.4. The number of aromatic amines is 1. The topological polar surface area (TPSA) is 69.3 Å². The lowest BCUT2D eigenvalue weighted by Crippen LogP contribution is -2.46. The van der Waals surface area contributed by atoms with Gasteiger partial charge in [0.25, 0.3) is 0 Å². The SMILES string of the molecule is Cc1nc(-c2ccc(CN3CCN(CC(C)C)CC3)cc2)cc2[nH]c(-c3ccc(S(C)(=O)=O)cc3)cc12. The van der Waals surface area contributed by atoms with Gasteiger partial charge in [0.15, 0.2) is 9.84 Å². The van der Waals surface area contributed by atoms with Crippen LogP contribution in [0.5, 0.6) is 0 Å². The molecule has 3 heterocycles. The van der Waals surface area contributed by atoms with E-state index in [4.69, 9.17) is 4.98 Å². The summed E-state index contributed by atoms with van der Waals surface area (Å²) in [7, 11) is -3.21. The normalized spacial score (nSPS) is 15.6. The number of rotatable bonds is 7. The van der Waals surface area contributed by atoms with Gasteiger partial charge in [0.1, 0.15) is 0 Å². The van der Waals surface area contributed by atoms with Crippen molar-refractivity contribution in [1.29, 1.82) is 0 Å². The van der Waals surface area contributed by atoms with Gasteiger partial charge in [0.05, 0.1) is 10.6 Å². The number of pyridine rings is 1. The van der Waals surface area contributed by atoms with Crippen molar-refractivity contribution in [2.45, 2.75) is 32.2 Å². The lowest BCUT2D eigenvalue weighted by Gasteiger charge is -2.35. The van der Waals surface area contributed by atoms with Gasteiger partial charge in [-0.2, -0.15) is 0 Å². The maximum absolute atomic E-state index is 11.8. The Morgan fingerprint density at radius 1 is 0.892 bits per heavy atom. The Kier molecular flexibility index (Phi) is 7.21. The zero-order valence-corrected chi connectivity index (χ0v) is 23.0. The van der Waals surface area contributed by atoms with Crippen LogP contribution in [0.1, 0.15) is 25.1 Å². The van der Waals surface area contributed by atoms with E-state index in [1.54, 1.807) is 12.1 Å². The van der Waals surface area contributed by atoms with Crippen molar-refractivity contribution in [2.75, 3.05) is 39.0 Å². The molecule has 37 heavy (non-hydrogen) atoms. The highest BCUT2D eigenvalue weighted by Gasteiger charge is 2.18. The fourth-order valence-electron chi connectivity index (χ4n) is 5.16. The second-order valence-electron chi connectivity index (χ2n) is 10.7. The monoisotopic (exact) mass is 516 g/mol. The van der Waals surface area contributed by atoms with E-state index >= 15 is 0 Å². The number of aromatic nitrogens is 2. The molecule has 7 heteroatoms. The molecule has 0 saturated carbocycles. The van der Waals surface area contributed by atoms with E-state index in [0.29, 0.717) is 4.90 Å². The van der Waals surface area contributed by atoms with Crippen LogP contribution in [-0.4, -0.2) is 67.2 Å². The van der Waals surface area contributed by atoms with Crippen molar-refractivity contribution < 1.29 is 8.42 Å². The van der Waals surface area contributed by atoms with Crippen LogP contribution in [0.25, 0.3) is 33.4 Å². The number of piperazine rings is 1. The summed E-state index contributed by atoms with van der Waals surface area (Å²) in [5.74, 6) is 0.724. The lowest BCUT2D eigenvalue weighted by atomic mass is 10.1. The molecule has 1 saturated heterocycles. The van der Waals surface area contributed by atoms with Crippen LogP contribution >= 0.6 is 0 Å². The van der Waals surface area contributed by atoms with Gasteiger partial charge in [0, 0.05) is 73.4 Å². The molecular weight excluding hydrogens is 480 g/mol. The van der Waals surface area contributed by atoms with Gasteiger partial charge in [-0.15, -0.1) is 0 Å². The highest BCUT2D eigenvalue weighted by molar-refractivity contribution is 7.90. The first-order chi connectivity index (χ1) is 17.7. The molecule has 1 N–H and O–H groups in total. The lowest BCUT2D eigenvalue weighted by molar-refractivity contribution is 0.117. The van der Waals surface area contributed by atoms with Crippen LogP contribution in [0.2, 0.25) is 0 Å². The largest absolute Gasteiger partial charge is 0.354 e. The van der Waals surface area contributed by atoms with Crippen LogP contribution in [0.15, 0.2) is 65.6 Å². The fraction of sp³-hybridized carbons (Fsp3) is 0.367. The average Bonchev–Trinajstić information content (AvgIpc) is 3.30. The van der Waals surface area contributed by atoms with Crippen molar-refractivity contribution in [1.82, 2.24) is 19.8 Å². The van der Waals surface area contributed by atoms with Crippen LogP contribution in [-0.2, 0) is 16.4 Å². The molecule has 0 aliphatic carbocycles. The number of benzene rings is 2. The van der Waals surface area contributed by atoms with E-state index < -0.39 is 9.84 Å². The molecule has 1 aliphatic rings. The minimum atomic E-state index is -3.21. The molecule has 0 radical (unpaired) electrons. The molecule has 1 fully saturated rings. The van der Waals surface area contributed by atoms with E-state index in [-0.39, 0.29) is 0 Å². The van der Waals surface area contributed by atoms with Crippen molar-refractivity contribution in [2.24, 2.45) is 5.92 Å². The van der Waals surface area contributed by atoms with E-state index in [1.807, 2.05) is 19.1 Å². The number of sulfone groups is 1. The molecule has 0 bridgehead atoms. The van der Waals surface area contributed by atoms with Gasteiger partial charge in [-0.05, 0) is 48.2 Å². The first kappa shape index (κ1) is 25.6. The summed E-state index contributed by atoms with van der Waals surface area (Å²) in [5, 5.41) is 1.07. The predicted molar refractivity (Wildman–Crippen MR) is 151 cm³/mol. The van der Waals surface area contributed by atoms with Crippen LogP contribution in [0.3, 0.4) is 0 Å². The van der Waals surface area contributed by atoms with Gasteiger partial charge in [0.2, 0.25) is 0 Å². The summed E-state index contributed by atoms with van der Waals surface area (Å²) in [5.41, 5.74) is 7.25.